The van der Waals surface area contributed by atoms with Gasteiger partial charge in [-0.3, -0.25) is 0 Å². The van der Waals surface area contributed by atoms with Gasteiger partial charge in [0.15, 0.2) is 0 Å². The Balaban J connectivity index is 1.91. The van der Waals surface area contributed by atoms with Gasteiger partial charge < -0.3 is 20.0 Å². The summed E-state index contributed by atoms with van der Waals surface area (Å²) < 4.78 is 37.9. The van der Waals surface area contributed by atoms with Crippen molar-refractivity contribution in [3.63, 3.8) is 0 Å². The van der Waals surface area contributed by atoms with Crippen molar-refractivity contribution in [2.75, 3.05) is 5.32 Å². The van der Waals surface area contributed by atoms with Gasteiger partial charge >= 0.3 is 7.12 Å². The van der Waals surface area contributed by atoms with Crippen LogP contribution < -0.4 is 10.8 Å². The van der Waals surface area contributed by atoms with Gasteiger partial charge in [0.25, 0.3) is 6.43 Å². The monoisotopic (exact) mass is 373 g/mol. The summed E-state index contributed by atoms with van der Waals surface area (Å²) in [7, 11) is -0.560. The predicted molar refractivity (Wildman–Crippen MR) is 103 cm³/mol. The molecule has 0 radical (unpaired) electrons. The highest BCUT2D eigenvalue weighted by Gasteiger charge is 2.51. The van der Waals surface area contributed by atoms with E-state index in [9.17, 15) is 8.78 Å². The number of hydrogen-bond donors (Lipinski definition) is 2. The lowest BCUT2D eigenvalue weighted by molar-refractivity contribution is 0.00578. The molecule has 1 saturated heterocycles. The molecular weight excluding hydrogens is 351 g/mol. The van der Waals surface area contributed by atoms with Gasteiger partial charge in [0.1, 0.15) is 11.5 Å². The van der Waals surface area contributed by atoms with Gasteiger partial charge in [-0.25, -0.2) is 13.8 Å². The highest BCUT2D eigenvalue weighted by molar-refractivity contribution is 6.62. The second-order valence-corrected chi connectivity index (χ2v) is 7.45. The number of benzene rings is 1. The normalized spacial score (nSPS) is 18.0. The smallest absolute Gasteiger partial charge is 0.399 e. The molecule has 1 aromatic carbocycles. The minimum absolute atomic E-state index is 0.280. The molecule has 0 aliphatic carbocycles. The first-order valence-electron chi connectivity index (χ1n) is 8.65. The fraction of sp³-hybridized carbons (Fsp3) is 0.368. The summed E-state index contributed by atoms with van der Waals surface area (Å²) in [6.45, 7) is 7.88. The van der Waals surface area contributed by atoms with Crippen molar-refractivity contribution in [1.29, 1.82) is 5.41 Å². The Kier molecular flexibility index (Phi) is 5.05. The van der Waals surface area contributed by atoms with Crippen LogP contribution in [0.5, 0.6) is 0 Å². The first kappa shape index (κ1) is 19.4. The topological polar surface area (TPSA) is 67.2 Å². The lowest BCUT2D eigenvalue weighted by Gasteiger charge is -2.32. The van der Waals surface area contributed by atoms with E-state index in [-0.39, 0.29) is 11.5 Å². The number of halogens is 2. The minimum atomic E-state index is -2.65. The molecule has 27 heavy (non-hydrogen) atoms. The van der Waals surface area contributed by atoms with E-state index in [1.54, 1.807) is 18.2 Å². The molecule has 0 bridgehead atoms. The summed E-state index contributed by atoms with van der Waals surface area (Å²) in [5.41, 5.74) is 0.679. The van der Waals surface area contributed by atoms with Crippen LogP contribution in [-0.2, 0) is 9.31 Å². The Morgan fingerprint density at radius 1 is 1.11 bits per heavy atom. The molecule has 8 heteroatoms. The van der Waals surface area contributed by atoms with Crippen molar-refractivity contribution in [3.8, 4) is 0 Å². The third-order valence-electron chi connectivity index (χ3n) is 5.02. The zero-order valence-corrected chi connectivity index (χ0v) is 15.7. The van der Waals surface area contributed by atoms with Gasteiger partial charge in [0.05, 0.1) is 11.2 Å². The number of aromatic nitrogens is 1. The van der Waals surface area contributed by atoms with Crippen LogP contribution >= 0.6 is 0 Å². The number of anilines is 2. The van der Waals surface area contributed by atoms with Crippen LogP contribution in [0, 0.1) is 5.41 Å². The van der Waals surface area contributed by atoms with Gasteiger partial charge in [-0.1, -0.05) is 18.2 Å². The van der Waals surface area contributed by atoms with Gasteiger partial charge in [0.2, 0.25) is 0 Å². The van der Waals surface area contributed by atoms with Crippen molar-refractivity contribution in [2.45, 2.75) is 45.3 Å². The van der Waals surface area contributed by atoms with Crippen molar-refractivity contribution >= 4 is 30.3 Å². The Hall–Kier alpha value is -2.32. The maximum absolute atomic E-state index is 12.9. The number of hydrogen-bond acceptors (Lipinski definition) is 5. The fourth-order valence-electron chi connectivity index (χ4n) is 2.71. The third kappa shape index (κ3) is 3.86. The van der Waals surface area contributed by atoms with Crippen LogP contribution in [0.4, 0.5) is 20.3 Å². The van der Waals surface area contributed by atoms with Crippen LogP contribution in [-0.4, -0.2) is 29.5 Å². The van der Waals surface area contributed by atoms with Crippen molar-refractivity contribution in [2.24, 2.45) is 0 Å². The van der Waals surface area contributed by atoms with Crippen LogP contribution in [0.2, 0.25) is 0 Å². The van der Waals surface area contributed by atoms with Gasteiger partial charge in [0, 0.05) is 17.5 Å². The minimum Gasteiger partial charge on any atom is -0.399 e. The molecule has 142 valence electrons. The predicted octanol–water partition coefficient (Wildman–Crippen LogP) is 4.06. The van der Waals surface area contributed by atoms with Gasteiger partial charge in [-0.05, 0) is 51.4 Å². The largest absolute Gasteiger partial charge is 0.494 e. The fourth-order valence-corrected chi connectivity index (χ4v) is 2.71. The van der Waals surface area contributed by atoms with E-state index in [2.05, 4.69) is 10.3 Å². The van der Waals surface area contributed by atoms with Gasteiger partial charge in [-0.15, -0.1) is 0 Å². The summed E-state index contributed by atoms with van der Waals surface area (Å²) in [4.78, 5) is 3.92. The molecule has 5 nitrogen and oxygen atoms in total. The first-order valence-corrected chi connectivity index (χ1v) is 8.65. The zero-order chi connectivity index (χ0) is 19.8. The molecule has 2 aromatic rings. The highest BCUT2D eigenvalue weighted by atomic mass is 19.3. The quantitative estimate of drug-likeness (QED) is 0.613. The summed E-state index contributed by atoms with van der Waals surface area (Å²) in [6.07, 6.45) is -1.46. The van der Waals surface area contributed by atoms with E-state index in [0.29, 0.717) is 11.3 Å². The summed E-state index contributed by atoms with van der Waals surface area (Å²) in [6, 6.07) is 9.76. The van der Waals surface area contributed by atoms with E-state index in [1.807, 2.05) is 33.8 Å². The van der Waals surface area contributed by atoms with E-state index in [1.165, 1.54) is 18.3 Å². The second kappa shape index (κ2) is 7.01. The Labute approximate surface area is 157 Å². The van der Waals surface area contributed by atoms with E-state index in [4.69, 9.17) is 14.7 Å². The average molecular weight is 373 g/mol. The molecular formula is C19H22BF2N3O2. The van der Waals surface area contributed by atoms with Crippen molar-refractivity contribution < 1.29 is 18.1 Å². The van der Waals surface area contributed by atoms with Crippen LogP contribution in [0.25, 0.3) is 0 Å². The lowest BCUT2D eigenvalue weighted by atomic mass is 9.78. The molecule has 0 saturated carbocycles. The Morgan fingerprint density at radius 3 is 2.37 bits per heavy atom. The Morgan fingerprint density at radius 2 is 1.78 bits per heavy atom. The van der Waals surface area contributed by atoms with E-state index < -0.39 is 24.7 Å². The molecule has 1 aliphatic rings. The number of alkyl halides is 2. The second-order valence-electron chi connectivity index (χ2n) is 7.45. The van der Waals surface area contributed by atoms with Crippen LogP contribution in [0.15, 0.2) is 36.4 Å². The molecule has 1 fully saturated rings. The average Bonchev–Trinajstić information content (AvgIpc) is 2.83. The maximum Gasteiger partial charge on any atom is 0.494 e. The van der Waals surface area contributed by atoms with Gasteiger partial charge in [-0.2, -0.15) is 0 Å². The third-order valence-corrected chi connectivity index (χ3v) is 5.02. The molecule has 2 heterocycles. The SMILES string of the molecule is CC1(C)OB(c2ccc(C=N)c(Nc3cccc(C(F)F)n3)c2)OC1(C)C. The number of pyridine rings is 1. The number of rotatable bonds is 5. The lowest BCUT2D eigenvalue weighted by Crippen LogP contribution is -2.41. The molecule has 1 aliphatic heterocycles. The molecule has 1 aromatic heterocycles. The number of nitrogens with one attached hydrogen (secondary N) is 2. The summed E-state index contributed by atoms with van der Waals surface area (Å²) in [5, 5.41) is 10.6. The summed E-state index contributed by atoms with van der Waals surface area (Å²) >= 11 is 0. The number of nitrogens with zero attached hydrogens (tertiary/aromatic N) is 1. The highest BCUT2D eigenvalue weighted by Crippen LogP contribution is 2.36. The van der Waals surface area contributed by atoms with Crippen LogP contribution in [0.1, 0.15) is 45.4 Å². The zero-order valence-electron chi connectivity index (χ0n) is 15.7. The standard InChI is InChI=1S/C19H22BF2N3O2/c1-18(2)19(3,4)27-20(26-18)13-9-8-12(11-23)15(10-13)25-16-7-5-6-14(24-16)17(21)22/h5-11,17,23H,1-4H3,(H,24,25). The molecule has 0 unspecified atom stereocenters. The summed E-state index contributed by atoms with van der Waals surface area (Å²) in [5.74, 6) is 0.280. The molecule has 0 spiro atoms. The Bertz CT molecular complexity index is 843. The molecule has 0 atom stereocenters. The molecule has 3 rings (SSSR count). The van der Waals surface area contributed by atoms with Crippen molar-refractivity contribution in [3.05, 3.63) is 47.7 Å². The van der Waals surface area contributed by atoms with E-state index >= 15 is 0 Å². The molecule has 2 N–H and O–H groups in total. The van der Waals surface area contributed by atoms with Crippen molar-refractivity contribution in [1.82, 2.24) is 4.98 Å². The molecule has 0 amide bonds. The van der Waals surface area contributed by atoms with E-state index in [0.717, 1.165) is 5.46 Å². The first-order chi connectivity index (χ1) is 12.6. The maximum atomic E-state index is 12.9. The van der Waals surface area contributed by atoms with Crippen LogP contribution in [0.3, 0.4) is 0 Å².